The lowest BCUT2D eigenvalue weighted by Gasteiger charge is -1.94. The van der Waals surface area contributed by atoms with Crippen molar-refractivity contribution in [2.45, 2.75) is 18.9 Å². The highest BCUT2D eigenvalue weighted by molar-refractivity contribution is 7.09. The van der Waals surface area contributed by atoms with E-state index in [1.165, 1.54) is 0 Å². The molecule has 74 valence electrons. The molecule has 0 amide bonds. The summed E-state index contributed by atoms with van der Waals surface area (Å²) in [5, 5.41) is 3.97. The molecule has 0 atom stereocenters. The first-order chi connectivity index (χ1) is 6.79. The molecule has 1 saturated carbocycles. The van der Waals surface area contributed by atoms with E-state index < -0.39 is 0 Å². The zero-order valence-corrected chi connectivity index (χ0v) is 8.03. The highest BCUT2D eigenvalue weighted by Gasteiger charge is 2.24. The van der Waals surface area contributed by atoms with Gasteiger partial charge in [0, 0.05) is 11.5 Å². The standard InChI is InChI=1S/C7H8N4O2S/c8-7-9-6(11-14-7)5(3-12)10-13-4-1-2-4/h3-4H,1-2H2,(H2,8,9,11). The van der Waals surface area contributed by atoms with Crippen molar-refractivity contribution in [3.05, 3.63) is 5.82 Å². The van der Waals surface area contributed by atoms with Crippen LogP contribution in [0.4, 0.5) is 5.13 Å². The fourth-order valence-electron chi connectivity index (χ4n) is 0.759. The van der Waals surface area contributed by atoms with Crippen LogP contribution in [0.5, 0.6) is 0 Å². The van der Waals surface area contributed by atoms with Gasteiger partial charge in [-0.3, -0.25) is 4.79 Å². The van der Waals surface area contributed by atoms with Gasteiger partial charge in [0.25, 0.3) is 0 Å². The van der Waals surface area contributed by atoms with E-state index in [0.717, 1.165) is 24.4 Å². The first kappa shape index (κ1) is 9.07. The zero-order valence-electron chi connectivity index (χ0n) is 7.21. The van der Waals surface area contributed by atoms with Gasteiger partial charge < -0.3 is 10.6 Å². The Morgan fingerprint density at radius 2 is 2.50 bits per heavy atom. The van der Waals surface area contributed by atoms with Gasteiger partial charge in [-0.2, -0.15) is 9.36 Å². The maximum absolute atomic E-state index is 10.6. The van der Waals surface area contributed by atoms with Gasteiger partial charge in [-0.05, 0) is 12.8 Å². The van der Waals surface area contributed by atoms with Crippen LogP contribution >= 0.6 is 11.5 Å². The zero-order chi connectivity index (χ0) is 9.97. The fraction of sp³-hybridized carbons (Fsp3) is 0.429. The van der Waals surface area contributed by atoms with Crippen molar-refractivity contribution in [3.8, 4) is 0 Å². The molecular weight excluding hydrogens is 204 g/mol. The monoisotopic (exact) mass is 212 g/mol. The summed E-state index contributed by atoms with van der Waals surface area (Å²) in [5.41, 5.74) is 5.46. The normalized spacial score (nSPS) is 16.7. The second kappa shape index (κ2) is 3.70. The van der Waals surface area contributed by atoms with Gasteiger partial charge >= 0.3 is 0 Å². The second-order valence-corrected chi connectivity index (χ2v) is 3.64. The lowest BCUT2D eigenvalue weighted by Crippen LogP contribution is -2.06. The van der Waals surface area contributed by atoms with E-state index in [0.29, 0.717) is 11.4 Å². The van der Waals surface area contributed by atoms with Crippen molar-refractivity contribution in [2.24, 2.45) is 5.16 Å². The van der Waals surface area contributed by atoms with Crippen LogP contribution in [-0.4, -0.2) is 27.5 Å². The molecule has 7 heteroatoms. The largest absolute Gasteiger partial charge is 0.392 e. The SMILES string of the molecule is Nc1nc(C(C=O)=NOC2CC2)ns1. The third-order valence-electron chi connectivity index (χ3n) is 1.61. The predicted octanol–water partition coefficient (Wildman–Crippen LogP) is 0.202. The van der Waals surface area contributed by atoms with Crippen molar-refractivity contribution in [3.63, 3.8) is 0 Å². The Kier molecular flexibility index (Phi) is 2.40. The van der Waals surface area contributed by atoms with E-state index in [1.807, 2.05) is 0 Å². The number of nitrogens with zero attached hydrogens (tertiary/aromatic N) is 3. The van der Waals surface area contributed by atoms with Crippen molar-refractivity contribution in [2.75, 3.05) is 5.73 Å². The molecule has 1 aliphatic rings. The van der Waals surface area contributed by atoms with Crippen molar-refractivity contribution in [1.29, 1.82) is 0 Å². The minimum atomic E-state index is 0.0878. The van der Waals surface area contributed by atoms with E-state index in [9.17, 15) is 4.79 Å². The third-order valence-corrected chi connectivity index (χ3v) is 2.15. The van der Waals surface area contributed by atoms with Gasteiger partial charge in [-0.25, -0.2) is 0 Å². The molecule has 1 aliphatic carbocycles. The van der Waals surface area contributed by atoms with Crippen molar-refractivity contribution < 1.29 is 9.63 Å². The Balaban J connectivity index is 2.10. The number of carbonyl (C=O) groups excluding carboxylic acids is 1. The van der Waals surface area contributed by atoms with E-state index in [2.05, 4.69) is 14.5 Å². The van der Waals surface area contributed by atoms with Gasteiger partial charge in [0.15, 0.2) is 23.0 Å². The van der Waals surface area contributed by atoms with Crippen molar-refractivity contribution >= 4 is 28.7 Å². The van der Waals surface area contributed by atoms with Gasteiger partial charge in [-0.1, -0.05) is 5.16 Å². The molecule has 2 N–H and O–H groups in total. The summed E-state index contributed by atoms with van der Waals surface area (Å²) < 4.78 is 3.85. The van der Waals surface area contributed by atoms with Gasteiger partial charge in [0.05, 0.1) is 0 Å². The Labute approximate surface area is 83.9 Å². The van der Waals surface area contributed by atoms with E-state index in [4.69, 9.17) is 10.6 Å². The highest BCUT2D eigenvalue weighted by Crippen LogP contribution is 2.23. The number of oxime groups is 1. The molecule has 6 nitrogen and oxygen atoms in total. The Morgan fingerprint density at radius 1 is 1.71 bits per heavy atom. The van der Waals surface area contributed by atoms with Gasteiger partial charge in [0.1, 0.15) is 6.10 Å². The first-order valence-corrected chi connectivity index (χ1v) is 4.85. The molecule has 0 aromatic carbocycles. The number of carbonyl (C=O) groups is 1. The van der Waals surface area contributed by atoms with E-state index >= 15 is 0 Å². The van der Waals surface area contributed by atoms with Crippen LogP contribution in [0.15, 0.2) is 5.16 Å². The molecule has 0 aliphatic heterocycles. The fourth-order valence-corrected chi connectivity index (χ4v) is 1.20. The Bertz CT molecular complexity index is 372. The van der Waals surface area contributed by atoms with Crippen LogP contribution in [0.1, 0.15) is 18.7 Å². The lowest BCUT2D eigenvalue weighted by molar-refractivity contribution is -0.102. The average Bonchev–Trinajstić information content (AvgIpc) is 2.90. The molecular formula is C7H8N4O2S. The summed E-state index contributed by atoms with van der Waals surface area (Å²) in [6.45, 7) is 0. The Hall–Kier alpha value is -1.50. The van der Waals surface area contributed by atoms with Crippen LogP contribution in [-0.2, 0) is 9.63 Å². The van der Waals surface area contributed by atoms with Crippen LogP contribution in [0.3, 0.4) is 0 Å². The van der Waals surface area contributed by atoms with Crippen LogP contribution in [0.2, 0.25) is 0 Å². The predicted molar refractivity (Wildman–Crippen MR) is 51.0 cm³/mol. The number of nitrogen functional groups attached to an aromatic ring is 1. The Morgan fingerprint density at radius 3 is 3.00 bits per heavy atom. The first-order valence-electron chi connectivity index (χ1n) is 4.08. The molecule has 14 heavy (non-hydrogen) atoms. The summed E-state index contributed by atoms with van der Waals surface area (Å²) in [4.78, 5) is 19.5. The molecule has 0 bridgehead atoms. The third kappa shape index (κ3) is 2.05. The van der Waals surface area contributed by atoms with Crippen molar-refractivity contribution in [1.82, 2.24) is 9.36 Å². The number of hydrogen-bond acceptors (Lipinski definition) is 7. The van der Waals surface area contributed by atoms with Crippen LogP contribution < -0.4 is 5.73 Å². The minimum absolute atomic E-state index is 0.0878. The summed E-state index contributed by atoms with van der Waals surface area (Å²) in [6, 6.07) is 0. The number of hydrogen-bond donors (Lipinski definition) is 1. The minimum Gasteiger partial charge on any atom is -0.392 e. The van der Waals surface area contributed by atoms with E-state index in [-0.39, 0.29) is 17.6 Å². The summed E-state index contributed by atoms with van der Waals surface area (Å²) in [6.07, 6.45) is 2.69. The molecule has 1 aromatic rings. The van der Waals surface area contributed by atoms with Crippen LogP contribution in [0.25, 0.3) is 0 Å². The molecule has 2 rings (SSSR count). The number of rotatable bonds is 4. The highest BCUT2D eigenvalue weighted by atomic mass is 32.1. The molecule has 1 heterocycles. The molecule has 0 saturated heterocycles. The maximum atomic E-state index is 10.6. The topological polar surface area (TPSA) is 90.5 Å². The summed E-state index contributed by atoms with van der Waals surface area (Å²) in [5.74, 6) is 0.225. The maximum Gasteiger partial charge on any atom is 0.200 e. The smallest absolute Gasteiger partial charge is 0.200 e. The number of aromatic nitrogens is 2. The number of nitrogens with two attached hydrogens (primary N) is 1. The van der Waals surface area contributed by atoms with E-state index in [1.54, 1.807) is 0 Å². The quantitative estimate of drug-likeness (QED) is 0.437. The van der Waals surface area contributed by atoms with Gasteiger partial charge in [-0.15, -0.1) is 0 Å². The lowest BCUT2D eigenvalue weighted by atomic mass is 10.4. The average molecular weight is 212 g/mol. The molecule has 1 aromatic heterocycles. The second-order valence-electron chi connectivity index (χ2n) is 2.86. The number of anilines is 1. The summed E-state index contributed by atoms with van der Waals surface area (Å²) >= 11 is 1.02. The van der Waals surface area contributed by atoms with Crippen LogP contribution in [0, 0.1) is 0 Å². The summed E-state index contributed by atoms with van der Waals surface area (Å²) in [7, 11) is 0. The molecule has 0 radical (unpaired) electrons. The molecule has 0 spiro atoms. The number of aldehydes is 1. The molecule has 1 fully saturated rings. The van der Waals surface area contributed by atoms with Gasteiger partial charge in [0.2, 0.25) is 0 Å². The molecule has 0 unspecified atom stereocenters.